The van der Waals surface area contributed by atoms with E-state index in [1.54, 1.807) is 0 Å². The minimum absolute atomic E-state index is 0.222. The fourth-order valence-corrected chi connectivity index (χ4v) is 1.46. The lowest BCUT2D eigenvalue weighted by atomic mass is 10.1. The minimum atomic E-state index is -0.222. The average Bonchev–Trinajstić information content (AvgIpc) is 2.28. The molecule has 0 bridgehead atoms. The van der Waals surface area contributed by atoms with Gasteiger partial charge in [0, 0.05) is 0 Å². The highest BCUT2D eigenvalue weighted by Crippen LogP contribution is 2.14. The largest absolute Gasteiger partial charge is 0.494 e. The third kappa shape index (κ3) is 5.17. The van der Waals surface area contributed by atoms with E-state index in [4.69, 9.17) is 4.74 Å². The van der Waals surface area contributed by atoms with Gasteiger partial charge in [0.1, 0.15) is 5.75 Å². The molecule has 1 unspecified atom stereocenters. The highest BCUT2D eigenvalue weighted by atomic mass is 16.5. The van der Waals surface area contributed by atoms with Crippen LogP contribution in [0.5, 0.6) is 5.75 Å². The Kier molecular flexibility index (Phi) is 5.94. The molecule has 16 heavy (non-hydrogen) atoms. The van der Waals surface area contributed by atoms with E-state index in [1.165, 1.54) is 5.56 Å². The van der Waals surface area contributed by atoms with Crippen LogP contribution in [0.2, 0.25) is 0 Å². The molecule has 0 aromatic heterocycles. The van der Waals surface area contributed by atoms with Crippen LogP contribution < -0.4 is 4.74 Å². The first-order chi connectivity index (χ1) is 7.72. The normalized spacial score (nSPS) is 12.4. The molecular formula is C14H22O2. The fourth-order valence-electron chi connectivity index (χ4n) is 1.46. The van der Waals surface area contributed by atoms with E-state index in [2.05, 4.69) is 19.1 Å². The Morgan fingerprint density at radius 3 is 2.50 bits per heavy atom. The first kappa shape index (κ1) is 13.0. The number of rotatable bonds is 7. The summed E-state index contributed by atoms with van der Waals surface area (Å²) >= 11 is 0. The Balaban J connectivity index is 2.35. The van der Waals surface area contributed by atoms with Gasteiger partial charge in [-0.05, 0) is 43.9 Å². The molecule has 0 aliphatic rings. The number of hydrogen-bond donors (Lipinski definition) is 1. The van der Waals surface area contributed by atoms with Gasteiger partial charge in [-0.25, -0.2) is 0 Å². The lowest BCUT2D eigenvalue weighted by molar-refractivity contribution is 0.185. The van der Waals surface area contributed by atoms with Gasteiger partial charge in [0.2, 0.25) is 0 Å². The fraction of sp³-hybridized carbons (Fsp3) is 0.571. The van der Waals surface area contributed by atoms with Gasteiger partial charge in [0.05, 0.1) is 12.7 Å². The average molecular weight is 222 g/mol. The molecule has 0 fully saturated rings. The van der Waals surface area contributed by atoms with Gasteiger partial charge in [0.15, 0.2) is 0 Å². The smallest absolute Gasteiger partial charge is 0.119 e. The summed E-state index contributed by atoms with van der Waals surface area (Å²) in [6, 6.07) is 8.16. The van der Waals surface area contributed by atoms with Crippen molar-refractivity contribution in [1.82, 2.24) is 0 Å². The maximum atomic E-state index is 9.19. The Morgan fingerprint density at radius 2 is 1.94 bits per heavy atom. The quantitative estimate of drug-likeness (QED) is 0.718. The van der Waals surface area contributed by atoms with Crippen molar-refractivity contribution in [2.45, 2.75) is 45.6 Å². The maximum absolute atomic E-state index is 9.19. The molecule has 1 aromatic carbocycles. The molecule has 1 N–H and O–H groups in total. The van der Waals surface area contributed by atoms with Crippen molar-refractivity contribution in [1.29, 1.82) is 0 Å². The number of benzene rings is 1. The summed E-state index contributed by atoms with van der Waals surface area (Å²) in [7, 11) is 0. The van der Waals surface area contributed by atoms with Crippen molar-refractivity contribution >= 4 is 0 Å². The first-order valence-electron chi connectivity index (χ1n) is 6.12. The number of aliphatic hydroxyl groups is 1. The Morgan fingerprint density at radius 1 is 1.25 bits per heavy atom. The molecular weight excluding hydrogens is 200 g/mol. The highest BCUT2D eigenvalue weighted by molar-refractivity contribution is 5.27. The third-order valence-corrected chi connectivity index (χ3v) is 2.54. The van der Waals surface area contributed by atoms with Crippen LogP contribution in [0, 0.1) is 0 Å². The zero-order valence-electron chi connectivity index (χ0n) is 10.3. The standard InChI is InChI=1S/C14H22O2/c1-3-4-11-16-14-9-7-13(8-10-14)6-5-12(2)15/h7-10,12,15H,3-6,11H2,1-2H3. The number of aliphatic hydroxyl groups excluding tert-OH is 1. The monoisotopic (exact) mass is 222 g/mol. The van der Waals surface area contributed by atoms with Crippen molar-refractivity contribution in [3.05, 3.63) is 29.8 Å². The number of ether oxygens (including phenoxy) is 1. The van der Waals surface area contributed by atoms with Crippen molar-refractivity contribution in [2.75, 3.05) is 6.61 Å². The molecule has 1 atom stereocenters. The van der Waals surface area contributed by atoms with Gasteiger partial charge in [-0.2, -0.15) is 0 Å². The molecule has 0 amide bonds. The minimum Gasteiger partial charge on any atom is -0.494 e. The Bertz CT molecular complexity index is 277. The van der Waals surface area contributed by atoms with E-state index in [1.807, 2.05) is 19.1 Å². The maximum Gasteiger partial charge on any atom is 0.119 e. The number of aryl methyl sites for hydroxylation is 1. The highest BCUT2D eigenvalue weighted by Gasteiger charge is 1.99. The van der Waals surface area contributed by atoms with Crippen LogP contribution in [-0.2, 0) is 6.42 Å². The molecule has 0 spiro atoms. The van der Waals surface area contributed by atoms with Gasteiger partial charge in [-0.15, -0.1) is 0 Å². The lowest BCUT2D eigenvalue weighted by Crippen LogP contribution is -2.01. The molecule has 0 aliphatic heterocycles. The molecule has 1 aromatic rings. The second-order valence-corrected chi connectivity index (χ2v) is 4.23. The van der Waals surface area contributed by atoms with Gasteiger partial charge >= 0.3 is 0 Å². The van der Waals surface area contributed by atoms with E-state index in [0.29, 0.717) is 0 Å². The first-order valence-corrected chi connectivity index (χ1v) is 6.12. The summed E-state index contributed by atoms with van der Waals surface area (Å²) in [5, 5.41) is 9.19. The van der Waals surface area contributed by atoms with E-state index >= 15 is 0 Å². The summed E-state index contributed by atoms with van der Waals surface area (Å²) in [5.74, 6) is 0.939. The summed E-state index contributed by atoms with van der Waals surface area (Å²) in [6.45, 7) is 4.77. The van der Waals surface area contributed by atoms with Crippen LogP contribution >= 0.6 is 0 Å². The van der Waals surface area contributed by atoms with Crippen LogP contribution in [0.15, 0.2) is 24.3 Å². The molecule has 90 valence electrons. The van der Waals surface area contributed by atoms with Gasteiger partial charge in [-0.1, -0.05) is 25.5 Å². The summed E-state index contributed by atoms with van der Waals surface area (Å²) in [6.07, 6.45) is 3.78. The summed E-state index contributed by atoms with van der Waals surface area (Å²) in [4.78, 5) is 0. The lowest BCUT2D eigenvalue weighted by Gasteiger charge is -2.07. The van der Waals surface area contributed by atoms with Gasteiger partial charge < -0.3 is 9.84 Å². The summed E-state index contributed by atoms with van der Waals surface area (Å²) in [5.41, 5.74) is 1.25. The summed E-state index contributed by atoms with van der Waals surface area (Å²) < 4.78 is 5.58. The van der Waals surface area contributed by atoms with Crippen LogP contribution in [0.3, 0.4) is 0 Å². The molecule has 0 saturated carbocycles. The second kappa shape index (κ2) is 7.29. The van der Waals surface area contributed by atoms with Crippen LogP contribution in [0.4, 0.5) is 0 Å². The second-order valence-electron chi connectivity index (χ2n) is 4.23. The Hall–Kier alpha value is -1.02. The predicted octanol–water partition coefficient (Wildman–Crippen LogP) is 3.18. The molecule has 2 heteroatoms. The number of hydrogen-bond acceptors (Lipinski definition) is 2. The molecule has 0 heterocycles. The number of unbranched alkanes of at least 4 members (excludes halogenated alkanes) is 1. The van der Waals surface area contributed by atoms with E-state index in [9.17, 15) is 5.11 Å². The van der Waals surface area contributed by atoms with Crippen molar-refractivity contribution in [2.24, 2.45) is 0 Å². The molecule has 0 saturated heterocycles. The van der Waals surface area contributed by atoms with Gasteiger partial charge in [-0.3, -0.25) is 0 Å². The zero-order valence-corrected chi connectivity index (χ0v) is 10.3. The van der Waals surface area contributed by atoms with Crippen LogP contribution in [-0.4, -0.2) is 17.8 Å². The van der Waals surface area contributed by atoms with Crippen LogP contribution in [0.1, 0.15) is 38.7 Å². The molecule has 1 rings (SSSR count). The van der Waals surface area contributed by atoms with Crippen molar-refractivity contribution in [3.63, 3.8) is 0 Å². The van der Waals surface area contributed by atoms with E-state index < -0.39 is 0 Å². The zero-order chi connectivity index (χ0) is 11.8. The topological polar surface area (TPSA) is 29.5 Å². The molecule has 2 nitrogen and oxygen atoms in total. The predicted molar refractivity (Wildman–Crippen MR) is 66.8 cm³/mol. The van der Waals surface area contributed by atoms with Crippen LogP contribution in [0.25, 0.3) is 0 Å². The van der Waals surface area contributed by atoms with Crippen molar-refractivity contribution < 1.29 is 9.84 Å². The Labute approximate surface area is 98.3 Å². The van der Waals surface area contributed by atoms with Gasteiger partial charge in [0.25, 0.3) is 0 Å². The van der Waals surface area contributed by atoms with E-state index in [0.717, 1.165) is 38.0 Å². The third-order valence-electron chi connectivity index (χ3n) is 2.54. The SMILES string of the molecule is CCCCOc1ccc(CCC(C)O)cc1. The molecule has 0 radical (unpaired) electrons. The van der Waals surface area contributed by atoms with E-state index in [-0.39, 0.29) is 6.10 Å². The molecule has 0 aliphatic carbocycles. The van der Waals surface area contributed by atoms with Crippen molar-refractivity contribution in [3.8, 4) is 5.75 Å².